The van der Waals surface area contributed by atoms with Crippen LogP contribution in [0.1, 0.15) is 32.3 Å². The number of aryl methyl sites for hydroxylation is 1. The third-order valence-electron chi connectivity index (χ3n) is 4.80. The molecule has 3 rings (SSSR count). The Kier molecular flexibility index (Phi) is 6.39. The van der Waals surface area contributed by atoms with E-state index in [9.17, 15) is 13.2 Å². The number of rotatable bonds is 6. The van der Waals surface area contributed by atoms with Crippen molar-refractivity contribution in [3.05, 3.63) is 53.1 Å². The van der Waals surface area contributed by atoms with Crippen molar-refractivity contribution in [1.82, 2.24) is 5.32 Å². The summed E-state index contributed by atoms with van der Waals surface area (Å²) in [6.45, 7) is 5.71. The Labute approximate surface area is 176 Å². The van der Waals surface area contributed by atoms with Crippen LogP contribution >= 0.6 is 11.6 Å². The van der Waals surface area contributed by atoms with Crippen LogP contribution in [-0.4, -0.2) is 33.0 Å². The summed E-state index contributed by atoms with van der Waals surface area (Å²) >= 11 is 6.11. The average molecular weight is 437 g/mol. The molecule has 1 aliphatic heterocycles. The van der Waals surface area contributed by atoms with Gasteiger partial charge in [-0.05, 0) is 50.6 Å². The lowest BCUT2D eigenvalue weighted by atomic mass is 10.1. The van der Waals surface area contributed by atoms with Gasteiger partial charge in [-0.2, -0.15) is 0 Å². The lowest BCUT2D eigenvalue weighted by Gasteiger charge is -2.35. The Bertz CT molecular complexity index is 992. The first kappa shape index (κ1) is 21.5. The molecule has 8 heteroatoms. The third kappa shape index (κ3) is 4.67. The van der Waals surface area contributed by atoms with Crippen LogP contribution in [0.5, 0.6) is 5.75 Å². The Morgan fingerprint density at radius 2 is 1.97 bits per heavy atom. The van der Waals surface area contributed by atoms with Crippen LogP contribution in [0.25, 0.3) is 0 Å². The van der Waals surface area contributed by atoms with Crippen LogP contribution < -0.4 is 14.4 Å². The van der Waals surface area contributed by atoms with E-state index in [1.165, 1.54) is 10.4 Å². The number of halogens is 1. The molecular formula is C21H25ClN2O4S. The summed E-state index contributed by atoms with van der Waals surface area (Å²) in [7, 11) is -3.90. The summed E-state index contributed by atoms with van der Waals surface area (Å²) in [4.78, 5) is 12.9. The fourth-order valence-corrected chi connectivity index (χ4v) is 4.90. The maximum atomic E-state index is 13.4. The highest BCUT2D eigenvalue weighted by Gasteiger charge is 2.38. The second-order valence-electron chi connectivity index (χ2n) is 7.27. The molecule has 1 amide bonds. The molecule has 0 spiro atoms. The fourth-order valence-electron chi connectivity index (χ4n) is 3.27. The van der Waals surface area contributed by atoms with Crippen LogP contribution in [0.15, 0.2) is 47.4 Å². The molecule has 0 unspecified atom stereocenters. The molecule has 0 saturated carbocycles. The summed E-state index contributed by atoms with van der Waals surface area (Å²) in [6, 6.07) is 11.3. The second kappa shape index (κ2) is 8.63. The first-order chi connectivity index (χ1) is 13.7. The lowest BCUT2D eigenvalue weighted by Crippen LogP contribution is -2.52. The standard InChI is InChI=1S/C21H25ClN2O4S/c1-4-5-15(3)23-21(25)20-13-24(18-12-16(22)8-11-19(18)28-20)29(26,27)17-9-6-14(2)7-10-17/h6-12,15,20H,4-5,13H2,1-3H3,(H,23,25)/t15-,20+/m0/s1. The summed E-state index contributed by atoms with van der Waals surface area (Å²) < 4.78 is 33.8. The number of ether oxygens (including phenoxy) is 1. The van der Waals surface area contributed by atoms with E-state index in [-0.39, 0.29) is 23.4 Å². The molecular weight excluding hydrogens is 412 g/mol. The van der Waals surface area contributed by atoms with Crippen LogP contribution in [0.3, 0.4) is 0 Å². The average Bonchev–Trinajstić information content (AvgIpc) is 2.67. The van der Waals surface area contributed by atoms with Crippen LogP contribution in [-0.2, 0) is 14.8 Å². The predicted octanol–water partition coefficient (Wildman–Crippen LogP) is 3.91. The number of nitrogens with one attached hydrogen (secondary N) is 1. The van der Waals surface area contributed by atoms with Gasteiger partial charge in [0.1, 0.15) is 5.75 Å². The van der Waals surface area contributed by atoms with E-state index < -0.39 is 16.1 Å². The molecule has 1 heterocycles. The van der Waals surface area contributed by atoms with Gasteiger partial charge >= 0.3 is 0 Å². The quantitative estimate of drug-likeness (QED) is 0.744. The second-order valence-corrected chi connectivity index (χ2v) is 9.56. The van der Waals surface area contributed by atoms with E-state index in [0.717, 1.165) is 18.4 Å². The molecule has 29 heavy (non-hydrogen) atoms. The molecule has 0 fully saturated rings. The molecule has 0 aliphatic carbocycles. The van der Waals surface area contributed by atoms with Crippen molar-refractivity contribution in [2.45, 2.75) is 50.7 Å². The Morgan fingerprint density at radius 1 is 1.28 bits per heavy atom. The van der Waals surface area contributed by atoms with Crippen molar-refractivity contribution < 1.29 is 17.9 Å². The zero-order valence-electron chi connectivity index (χ0n) is 16.7. The molecule has 0 aromatic heterocycles. The number of anilines is 1. The summed E-state index contributed by atoms with van der Waals surface area (Å²) in [5, 5.41) is 3.29. The molecule has 2 atom stereocenters. The van der Waals surface area contributed by atoms with Crippen LogP contribution in [0, 0.1) is 6.92 Å². The Hall–Kier alpha value is -2.25. The molecule has 1 aliphatic rings. The smallest absolute Gasteiger partial charge is 0.264 e. The van der Waals surface area contributed by atoms with Crippen molar-refractivity contribution >= 4 is 33.2 Å². The number of carbonyl (C=O) groups is 1. The number of nitrogens with zero attached hydrogens (tertiary/aromatic N) is 1. The van der Waals surface area contributed by atoms with Crippen molar-refractivity contribution in [2.24, 2.45) is 0 Å². The van der Waals surface area contributed by atoms with Gasteiger partial charge in [0, 0.05) is 11.1 Å². The van der Waals surface area contributed by atoms with Gasteiger partial charge in [-0.25, -0.2) is 8.42 Å². The number of fused-ring (bicyclic) bond motifs is 1. The van der Waals surface area contributed by atoms with Gasteiger partial charge in [0.25, 0.3) is 15.9 Å². The van der Waals surface area contributed by atoms with E-state index in [1.807, 2.05) is 20.8 Å². The number of sulfonamides is 1. The normalized spacial score (nSPS) is 17.2. The van der Waals surface area contributed by atoms with Gasteiger partial charge in [-0.15, -0.1) is 0 Å². The SMILES string of the molecule is CCC[C@H](C)NC(=O)[C@H]1CN(S(=O)(=O)c2ccc(C)cc2)c2cc(Cl)ccc2O1. The first-order valence-corrected chi connectivity index (χ1v) is 11.4. The zero-order valence-corrected chi connectivity index (χ0v) is 18.3. The molecule has 0 saturated heterocycles. The van der Waals surface area contributed by atoms with Gasteiger partial charge in [-0.1, -0.05) is 42.6 Å². The van der Waals surface area contributed by atoms with Crippen molar-refractivity contribution in [3.8, 4) is 5.75 Å². The van der Waals surface area contributed by atoms with Gasteiger partial charge in [0.05, 0.1) is 17.1 Å². The zero-order chi connectivity index (χ0) is 21.2. The van der Waals surface area contributed by atoms with Gasteiger partial charge < -0.3 is 10.1 Å². The van der Waals surface area contributed by atoms with E-state index >= 15 is 0 Å². The van der Waals surface area contributed by atoms with Gasteiger partial charge in [0.15, 0.2) is 6.10 Å². The summed E-state index contributed by atoms with van der Waals surface area (Å²) in [6.07, 6.45) is 0.807. The molecule has 156 valence electrons. The maximum Gasteiger partial charge on any atom is 0.264 e. The minimum Gasteiger partial charge on any atom is -0.476 e. The van der Waals surface area contributed by atoms with Crippen molar-refractivity contribution in [2.75, 3.05) is 10.8 Å². The van der Waals surface area contributed by atoms with Gasteiger partial charge in [0.2, 0.25) is 0 Å². The largest absolute Gasteiger partial charge is 0.476 e. The van der Waals surface area contributed by atoms with Crippen LogP contribution in [0.2, 0.25) is 5.02 Å². The van der Waals surface area contributed by atoms with Gasteiger partial charge in [-0.3, -0.25) is 9.10 Å². The minimum absolute atomic E-state index is 0.0233. The Morgan fingerprint density at radius 3 is 2.62 bits per heavy atom. The monoisotopic (exact) mass is 436 g/mol. The first-order valence-electron chi connectivity index (χ1n) is 9.58. The molecule has 2 aromatic carbocycles. The Balaban J connectivity index is 1.97. The highest BCUT2D eigenvalue weighted by Crippen LogP contribution is 2.38. The number of benzene rings is 2. The lowest BCUT2D eigenvalue weighted by molar-refractivity contribution is -0.128. The predicted molar refractivity (Wildman–Crippen MR) is 114 cm³/mol. The summed E-state index contributed by atoms with van der Waals surface area (Å²) in [5.41, 5.74) is 1.28. The highest BCUT2D eigenvalue weighted by molar-refractivity contribution is 7.92. The minimum atomic E-state index is -3.90. The number of hydrogen-bond donors (Lipinski definition) is 1. The van der Waals surface area contributed by atoms with E-state index in [1.54, 1.807) is 36.4 Å². The maximum absolute atomic E-state index is 13.4. The topological polar surface area (TPSA) is 75.7 Å². The highest BCUT2D eigenvalue weighted by atomic mass is 35.5. The van der Waals surface area contributed by atoms with E-state index in [4.69, 9.17) is 16.3 Å². The molecule has 1 N–H and O–H groups in total. The number of amides is 1. The third-order valence-corrected chi connectivity index (χ3v) is 6.83. The molecule has 2 aromatic rings. The van der Waals surface area contributed by atoms with Crippen LogP contribution in [0.4, 0.5) is 5.69 Å². The fraction of sp³-hybridized carbons (Fsp3) is 0.381. The molecule has 0 bridgehead atoms. The summed E-state index contributed by atoms with van der Waals surface area (Å²) in [5.74, 6) is -0.0321. The van der Waals surface area contributed by atoms with Crippen molar-refractivity contribution in [3.63, 3.8) is 0 Å². The van der Waals surface area contributed by atoms with Crippen molar-refractivity contribution in [1.29, 1.82) is 0 Å². The van der Waals surface area contributed by atoms with E-state index in [2.05, 4.69) is 5.32 Å². The number of carbonyl (C=O) groups excluding carboxylic acids is 1. The number of hydrogen-bond acceptors (Lipinski definition) is 4. The molecule has 0 radical (unpaired) electrons. The van der Waals surface area contributed by atoms with E-state index in [0.29, 0.717) is 16.5 Å². The molecule has 6 nitrogen and oxygen atoms in total.